The Balaban J connectivity index is 1.40. The second-order valence-electron chi connectivity index (χ2n) is 7.24. The summed E-state index contributed by atoms with van der Waals surface area (Å²) < 4.78 is 24.4. The predicted molar refractivity (Wildman–Crippen MR) is 107 cm³/mol. The van der Waals surface area contributed by atoms with Crippen molar-refractivity contribution in [1.29, 1.82) is 0 Å². The molecular formula is C20H26FN3O3S. The average Bonchev–Trinajstić information content (AvgIpc) is 3.14. The van der Waals surface area contributed by atoms with Gasteiger partial charge < -0.3 is 14.5 Å². The van der Waals surface area contributed by atoms with Crippen molar-refractivity contribution >= 4 is 17.7 Å². The topological polar surface area (TPSA) is 67.6 Å². The van der Waals surface area contributed by atoms with Crippen LogP contribution in [0, 0.1) is 11.7 Å². The maximum Gasteiger partial charge on any atom is 0.256 e. The minimum absolute atomic E-state index is 0.0215. The summed E-state index contributed by atoms with van der Waals surface area (Å²) in [6, 6.07) is 6.00. The van der Waals surface area contributed by atoms with Crippen LogP contribution in [-0.2, 0) is 9.53 Å². The van der Waals surface area contributed by atoms with Crippen LogP contribution in [0.25, 0.3) is 11.3 Å². The molecule has 1 amide bonds. The maximum atomic E-state index is 13.0. The van der Waals surface area contributed by atoms with Gasteiger partial charge in [0, 0.05) is 31.7 Å². The molecule has 8 heteroatoms. The van der Waals surface area contributed by atoms with Gasteiger partial charge in [0.1, 0.15) is 5.82 Å². The van der Waals surface area contributed by atoms with Gasteiger partial charge in [-0.25, -0.2) is 9.37 Å². The van der Waals surface area contributed by atoms with Gasteiger partial charge in [-0.2, -0.15) is 0 Å². The molecule has 0 radical (unpaired) electrons. The van der Waals surface area contributed by atoms with Crippen molar-refractivity contribution in [1.82, 2.24) is 15.2 Å². The molecule has 2 aromatic rings. The molecule has 1 aromatic heterocycles. The van der Waals surface area contributed by atoms with Gasteiger partial charge in [0.2, 0.25) is 5.91 Å². The average molecular weight is 408 g/mol. The Labute approximate surface area is 168 Å². The van der Waals surface area contributed by atoms with E-state index in [1.165, 1.54) is 23.9 Å². The number of morpholine rings is 1. The van der Waals surface area contributed by atoms with Crippen molar-refractivity contribution in [2.45, 2.75) is 25.2 Å². The quantitative estimate of drug-likeness (QED) is 0.679. The van der Waals surface area contributed by atoms with Crippen molar-refractivity contribution in [2.75, 3.05) is 38.5 Å². The SMILES string of the molecule is CC(C)CN1CCOC(CNC(=O)CSc2ncc(-c3ccc(F)cc3)o2)C1. The second-order valence-corrected chi connectivity index (χ2v) is 8.16. The van der Waals surface area contributed by atoms with Crippen LogP contribution in [0.4, 0.5) is 4.39 Å². The Hall–Kier alpha value is -1.90. The van der Waals surface area contributed by atoms with Crippen LogP contribution in [-0.4, -0.2) is 60.4 Å². The summed E-state index contributed by atoms with van der Waals surface area (Å²) in [5, 5.41) is 3.33. The van der Waals surface area contributed by atoms with Gasteiger partial charge in [-0.15, -0.1) is 0 Å². The van der Waals surface area contributed by atoms with Crippen LogP contribution in [0.15, 0.2) is 40.1 Å². The lowest BCUT2D eigenvalue weighted by molar-refractivity contribution is -0.119. The van der Waals surface area contributed by atoms with Gasteiger partial charge in [0.25, 0.3) is 5.22 Å². The zero-order valence-corrected chi connectivity index (χ0v) is 17.0. The number of rotatable bonds is 8. The first-order valence-electron chi connectivity index (χ1n) is 9.45. The number of ether oxygens (including phenoxy) is 1. The molecule has 1 N–H and O–H groups in total. The lowest BCUT2D eigenvalue weighted by Gasteiger charge is -2.33. The number of amides is 1. The fraction of sp³-hybridized carbons (Fsp3) is 0.500. The molecule has 3 rings (SSSR count). The molecular weight excluding hydrogens is 381 g/mol. The summed E-state index contributed by atoms with van der Waals surface area (Å²) >= 11 is 1.23. The van der Waals surface area contributed by atoms with E-state index < -0.39 is 0 Å². The molecule has 1 atom stereocenters. The minimum Gasteiger partial charge on any atom is -0.431 e. The number of oxazole rings is 1. The van der Waals surface area contributed by atoms with E-state index in [1.807, 2.05) is 0 Å². The third-order valence-electron chi connectivity index (χ3n) is 4.31. The standard InChI is InChI=1S/C20H26FN3O3S/c1-14(2)11-24-7-8-26-17(12-24)9-22-19(25)13-28-20-23-10-18(27-20)15-3-5-16(21)6-4-15/h3-6,10,14,17H,7-9,11-13H2,1-2H3,(H,22,25). The van der Waals surface area contributed by atoms with Crippen molar-refractivity contribution in [3.8, 4) is 11.3 Å². The highest BCUT2D eigenvalue weighted by atomic mass is 32.2. The number of hydrogen-bond donors (Lipinski definition) is 1. The van der Waals surface area contributed by atoms with Crippen LogP contribution < -0.4 is 5.32 Å². The van der Waals surface area contributed by atoms with Crippen LogP contribution >= 0.6 is 11.8 Å². The number of carbonyl (C=O) groups excluding carboxylic acids is 1. The summed E-state index contributed by atoms with van der Waals surface area (Å²) in [5.41, 5.74) is 0.741. The Kier molecular flexibility index (Phi) is 7.47. The summed E-state index contributed by atoms with van der Waals surface area (Å²) in [6.07, 6.45) is 1.60. The van der Waals surface area contributed by atoms with Gasteiger partial charge in [-0.05, 0) is 30.2 Å². The first-order valence-corrected chi connectivity index (χ1v) is 10.4. The fourth-order valence-corrected chi connectivity index (χ4v) is 3.70. The summed E-state index contributed by atoms with van der Waals surface area (Å²) in [4.78, 5) is 18.7. The highest BCUT2D eigenvalue weighted by molar-refractivity contribution is 7.99. The number of carbonyl (C=O) groups is 1. The normalized spacial score (nSPS) is 17.8. The van der Waals surface area contributed by atoms with Gasteiger partial charge in [-0.3, -0.25) is 9.69 Å². The van der Waals surface area contributed by atoms with E-state index in [0.717, 1.165) is 25.2 Å². The van der Waals surface area contributed by atoms with Gasteiger partial charge in [0.05, 0.1) is 24.7 Å². The van der Waals surface area contributed by atoms with Gasteiger partial charge in [-0.1, -0.05) is 25.6 Å². The van der Waals surface area contributed by atoms with E-state index in [-0.39, 0.29) is 23.6 Å². The number of halogens is 1. The number of benzene rings is 1. The summed E-state index contributed by atoms with van der Waals surface area (Å²) in [5.74, 6) is 0.986. The number of nitrogens with zero attached hydrogens (tertiary/aromatic N) is 2. The Morgan fingerprint density at radius 3 is 2.93 bits per heavy atom. The first kappa shape index (κ1) is 20.8. The highest BCUT2D eigenvalue weighted by Crippen LogP contribution is 2.25. The fourth-order valence-electron chi connectivity index (χ4n) is 3.06. The van der Waals surface area contributed by atoms with E-state index in [0.29, 0.717) is 30.1 Å². The van der Waals surface area contributed by atoms with Crippen LogP contribution in [0.3, 0.4) is 0 Å². The molecule has 28 heavy (non-hydrogen) atoms. The molecule has 1 unspecified atom stereocenters. The van der Waals surface area contributed by atoms with E-state index in [4.69, 9.17) is 9.15 Å². The van der Waals surface area contributed by atoms with Crippen molar-refractivity contribution in [3.05, 3.63) is 36.3 Å². The largest absolute Gasteiger partial charge is 0.431 e. The highest BCUT2D eigenvalue weighted by Gasteiger charge is 2.21. The lowest BCUT2D eigenvalue weighted by Crippen LogP contribution is -2.48. The number of nitrogens with one attached hydrogen (secondary N) is 1. The van der Waals surface area contributed by atoms with Crippen molar-refractivity contribution in [3.63, 3.8) is 0 Å². The number of thioether (sulfide) groups is 1. The number of aromatic nitrogens is 1. The third-order valence-corrected chi connectivity index (χ3v) is 5.16. The maximum absolute atomic E-state index is 13.0. The summed E-state index contributed by atoms with van der Waals surface area (Å²) in [7, 11) is 0. The van der Waals surface area contributed by atoms with Gasteiger partial charge >= 0.3 is 0 Å². The zero-order valence-electron chi connectivity index (χ0n) is 16.2. The van der Waals surface area contributed by atoms with Crippen LogP contribution in [0.2, 0.25) is 0 Å². The van der Waals surface area contributed by atoms with Crippen molar-refractivity contribution in [2.24, 2.45) is 5.92 Å². The lowest BCUT2D eigenvalue weighted by atomic mass is 10.2. The van der Waals surface area contributed by atoms with E-state index in [2.05, 4.69) is 29.0 Å². The Morgan fingerprint density at radius 2 is 2.18 bits per heavy atom. The van der Waals surface area contributed by atoms with E-state index in [9.17, 15) is 9.18 Å². The van der Waals surface area contributed by atoms with Gasteiger partial charge in [0.15, 0.2) is 5.76 Å². The Bertz CT molecular complexity index is 766. The second kappa shape index (κ2) is 10.0. The van der Waals surface area contributed by atoms with E-state index >= 15 is 0 Å². The molecule has 1 aromatic carbocycles. The first-order chi connectivity index (χ1) is 13.5. The molecule has 152 valence electrons. The molecule has 0 aliphatic carbocycles. The molecule has 6 nitrogen and oxygen atoms in total. The van der Waals surface area contributed by atoms with Crippen molar-refractivity contribution < 1.29 is 18.3 Å². The molecule has 1 aliphatic heterocycles. The van der Waals surface area contributed by atoms with Crippen LogP contribution in [0.1, 0.15) is 13.8 Å². The molecule has 1 fully saturated rings. The number of hydrogen-bond acceptors (Lipinski definition) is 6. The molecule has 1 saturated heterocycles. The monoisotopic (exact) mass is 407 g/mol. The zero-order chi connectivity index (χ0) is 19.9. The molecule has 1 aliphatic rings. The molecule has 2 heterocycles. The molecule has 0 bridgehead atoms. The minimum atomic E-state index is -0.302. The predicted octanol–water partition coefficient (Wildman–Crippen LogP) is 3.05. The van der Waals surface area contributed by atoms with Crippen LogP contribution in [0.5, 0.6) is 0 Å². The van der Waals surface area contributed by atoms with E-state index in [1.54, 1.807) is 18.3 Å². The summed E-state index contributed by atoms with van der Waals surface area (Å²) in [6.45, 7) is 8.43. The Morgan fingerprint density at radius 1 is 1.39 bits per heavy atom. The smallest absolute Gasteiger partial charge is 0.256 e. The molecule has 0 saturated carbocycles. The molecule has 0 spiro atoms. The third kappa shape index (κ3) is 6.32.